The number of benzene rings is 2. The zero-order valence-corrected chi connectivity index (χ0v) is 24.5. The maximum absolute atomic E-state index is 13.7. The summed E-state index contributed by atoms with van der Waals surface area (Å²) in [6.45, 7) is 11.1. The van der Waals surface area contributed by atoms with Crippen molar-refractivity contribution < 1.29 is 13.2 Å². The van der Waals surface area contributed by atoms with E-state index in [1.165, 1.54) is 0 Å². The molecule has 1 unspecified atom stereocenters. The van der Waals surface area contributed by atoms with Crippen LogP contribution in [0.15, 0.2) is 53.4 Å². The average Bonchev–Trinajstić information content (AvgIpc) is 3.08. The number of rotatable bonds is 3. The van der Waals surface area contributed by atoms with Gasteiger partial charge in [0.25, 0.3) is 10.0 Å². The molecule has 1 fully saturated rings. The number of ether oxygens (including phenoxy) is 1. The minimum absolute atomic E-state index is 0.0161. The van der Waals surface area contributed by atoms with E-state index in [9.17, 15) is 8.42 Å². The van der Waals surface area contributed by atoms with Gasteiger partial charge in [0, 0.05) is 23.0 Å². The highest BCUT2D eigenvalue weighted by Gasteiger charge is 2.42. The number of aromatic nitrogens is 2. The van der Waals surface area contributed by atoms with Crippen molar-refractivity contribution in [2.75, 3.05) is 31.5 Å². The number of likely N-dealkylation sites (tertiary alicyclic amines) is 1. The normalized spacial score (nSPS) is 23.3. The van der Waals surface area contributed by atoms with E-state index >= 15 is 0 Å². The first-order valence-corrected chi connectivity index (χ1v) is 15.5. The molecule has 1 N–H and O–H groups in total. The van der Waals surface area contributed by atoms with Crippen LogP contribution < -0.4 is 9.46 Å². The molecular weight excluding hydrogens is 508 g/mol. The van der Waals surface area contributed by atoms with Crippen molar-refractivity contribution in [3.8, 4) is 17.1 Å². The number of hydrogen-bond acceptors (Lipinski definition) is 6. The summed E-state index contributed by atoms with van der Waals surface area (Å²) in [6, 6.07) is 15.4. The number of sulfonamides is 1. The second-order valence-corrected chi connectivity index (χ2v) is 13.4. The van der Waals surface area contributed by atoms with E-state index in [2.05, 4.69) is 46.6 Å². The molecule has 0 saturated carbocycles. The van der Waals surface area contributed by atoms with Gasteiger partial charge in [-0.15, -0.1) is 0 Å². The quantitative estimate of drug-likeness (QED) is 0.434. The van der Waals surface area contributed by atoms with Crippen LogP contribution in [0.4, 0.5) is 5.95 Å². The molecular formula is C31H40N4O3S. The molecule has 5 rings (SSSR count). The summed E-state index contributed by atoms with van der Waals surface area (Å²) >= 11 is 0. The lowest BCUT2D eigenvalue weighted by molar-refractivity contribution is 0.124. The third-order valence-electron chi connectivity index (χ3n) is 8.46. The van der Waals surface area contributed by atoms with E-state index < -0.39 is 10.0 Å². The third-order valence-corrected chi connectivity index (χ3v) is 9.78. The summed E-state index contributed by atoms with van der Waals surface area (Å²) < 4.78 is 36.5. The number of fused-ring (bicyclic) bond motifs is 5. The zero-order chi connectivity index (χ0) is 27.8. The molecule has 2 aliphatic heterocycles. The SMILES string of the molecule is Cc1cccc(C)c1-c1cc2nc(n1)NS(=O)(=O)c1cccc(c1)C1(CCCN(C)CC1)[C@H](CC(C)C)CO2. The Hall–Kier alpha value is -2.97. The third kappa shape index (κ3) is 5.68. The molecule has 4 bridgehead atoms. The Kier molecular flexibility index (Phi) is 7.71. The minimum atomic E-state index is -3.92. The molecule has 1 spiro atoms. The van der Waals surface area contributed by atoms with Crippen molar-refractivity contribution >= 4 is 16.0 Å². The smallest absolute Gasteiger partial charge is 0.264 e. The maximum Gasteiger partial charge on any atom is 0.264 e. The van der Waals surface area contributed by atoms with Crippen molar-refractivity contribution in [1.29, 1.82) is 0 Å². The first-order valence-electron chi connectivity index (χ1n) is 14.0. The number of anilines is 1. The molecule has 7 nitrogen and oxygen atoms in total. The van der Waals surface area contributed by atoms with Crippen molar-refractivity contribution in [2.45, 2.75) is 63.7 Å². The van der Waals surface area contributed by atoms with Crippen LogP contribution in [0.3, 0.4) is 0 Å². The molecule has 3 aromatic rings. The number of aryl methyl sites for hydroxylation is 2. The van der Waals surface area contributed by atoms with E-state index in [0.717, 1.165) is 61.0 Å². The first kappa shape index (κ1) is 27.6. The van der Waals surface area contributed by atoms with Gasteiger partial charge in [0.1, 0.15) is 0 Å². The monoisotopic (exact) mass is 548 g/mol. The van der Waals surface area contributed by atoms with Gasteiger partial charge in [-0.3, -0.25) is 0 Å². The van der Waals surface area contributed by atoms with Crippen LogP contribution in [0.1, 0.15) is 56.2 Å². The topological polar surface area (TPSA) is 84.4 Å². The molecule has 8 heteroatoms. The van der Waals surface area contributed by atoms with Gasteiger partial charge < -0.3 is 9.64 Å². The highest BCUT2D eigenvalue weighted by atomic mass is 32.2. The summed E-state index contributed by atoms with van der Waals surface area (Å²) in [4.78, 5) is 11.8. The summed E-state index contributed by atoms with van der Waals surface area (Å²) in [5.41, 5.74) is 4.59. The molecule has 2 aliphatic rings. The highest BCUT2D eigenvalue weighted by molar-refractivity contribution is 7.92. The molecule has 0 amide bonds. The molecule has 39 heavy (non-hydrogen) atoms. The van der Waals surface area contributed by atoms with E-state index in [1.807, 2.05) is 50.2 Å². The predicted octanol–water partition coefficient (Wildman–Crippen LogP) is 5.97. The fourth-order valence-corrected chi connectivity index (χ4v) is 7.46. The van der Waals surface area contributed by atoms with Gasteiger partial charge >= 0.3 is 0 Å². The largest absolute Gasteiger partial charge is 0.477 e. The lowest BCUT2D eigenvalue weighted by Gasteiger charge is -2.42. The predicted molar refractivity (Wildman–Crippen MR) is 156 cm³/mol. The Labute approximate surface area is 233 Å². The first-order chi connectivity index (χ1) is 18.6. The van der Waals surface area contributed by atoms with E-state index in [4.69, 9.17) is 4.74 Å². The van der Waals surface area contributed by atoms with Crippen molar-refractivity contribution in [3.05, 3.63) is 65.2 Å². The summed E-state index contributed by atoms with van der Waals surface area (Å²) in [5, 5.41) is 0. The van der Waals surface area contributed by atoms with E-state index in [-0.39, 0.29) is 22.2 Å². The van der Waals surface area contributed by atoms with Gasteiger partial charge in [-0.1, -0.05) is 44.2 Å². The van der Waals surface area contributed by atoms with Gasteiger partial charge in [-0.25, -0.2) is 18.1 Å². The molecule has 3 heterocycles. The number of nitrogens with one attached hydrogen (secondary N) is 1. The fraction of sp³-hybridized carbons (Fsp3) is 0.484. The summed E-state index contributed by atoms with van der Waals surface area (Å²) in [6.07, 6.45) is 3.96. The molecule has 208 valence electrons. The summed E-state index contributed by atoms with van der Waals surface area (Å²) in [7, 11) is -1.75. The van der Waals surface area contributed by atoms with Crippen molar-refractivity contribution in [1.82, 2.24) is 14.9 Å². The van der Waals surface area contributed by atoms with Crippen LogP contribution in [0.5, 0.6) is 5.88 Å². The van der Waals surface area contributed by atoms with Crippen LogP contribution in [-0.4, -0.2) is 50.0 Å². The van der Waals surface area contributed by atoms with Gasteiger partial charge in [-0.2, -0.15) is 4.98 Å². The zero-order valence-electron chi connectivity index (χ0n) is 23.7. The Balaban J connectivity index is 1.69. The number of hydrogen-bond donors (Lipinski definition) is 1. The fourth-order valence-electron chi connectivity index (χ4n) is 6.48. The molecule has 0 radical (unpaired) electrons. The van der Waals surface area contributed by atoms with Gasteiger partial charge in [0.2, 0.25) is 11.8 Å². The van der Waals surface area contributed by atoms with Crippen molar-refractivity contribution in [2.24, 2.45) is 11.8 Å². The van der Waals surface area contributed by atoms with Crippen LogP contribution in [0.2, 0.25) is 0 Å². The lowest BCUT2D eigenvalue weighted by Crippen LogP contribution is -2.41. The van der Waals surface area contributed by atoms with E-state index in [0.29, 0.717) is 24.1 Å². The molecule has 0 aliphatic carbocycles. The Bertz CT molecular complexity index is 1440. The Morgan fingerprint density at radius 1 is 1.05 bits per heavy atom. The maximum atomic E-state index is 13.7. The van der Waals surface area contributed by atoms with Crippen LogP contribution in [-0.2, 0) is 15.4 Å². The van der Waals surface area contributed by atoms with Gasteiger partial charge in [0.15, 0.2) is 0 Å². The lowest BCUT2D eigenvalue weighted by atomic mass is 9.63. The Morgan fingerprint density at radius 3 is 2.54 bits per heavy atom. The van der Waals surface area contributed by atoms with Crippen LogP contribution in [0, 0.1) is 25.7 Å². The van der Waals surface area contributed by atoms with Gasteiger partial charge in [-0.05, 0) is 94.4 Å². The van der Waals surface area contributed by atoms with Crippen LogP contribution in [0.25, 0.3) is 11.3 Å². The minimum Gasteiger partial charge on any atom is -0.477 e. The highest BCUT2D eigenvalue weighted by Crippen LogP contribution is 2.45. The standard InChI is InChI=1S/C31H40N4O3S/c1-21(2)17-25-20-38-28-19-27(29-22(3)9-6-10-23(29)4)32-30(33-28)34-39(36,37)26-12-7-11-24(18-26)31(25)13-8-15-35(5)16-14-31/h6-7,9-12,18-19,21,25H,8,13-17,20H2,1-5H3,(H,32,33,34)/t25-,31?/m1/s1. The Morgan fingerprint density at radius 2 is 1.79 bits per heavy atom. The molecule has 1 saturated heterocycles. The summed E-state index contributed by atoms with van der Waals surface area (Å²) in [5.74, 6) is 1.06. The molecule has 2 aromatic carbocycles. The molecule has 2 atom stereocenters. The van der Waals surface area contributed by atoms with Gasteiger partial charge in [0.05, 0.1) is 17.2 Å². The molecule has 1 aromatic heterocycles. The second kappa shape index (κ2) is 10.9. The second-order valence-electron chi connectivity index (χ2n) is 11.8. The number of nitrogens with zero attached hydrogens (tertiary/aromatic N) is 3. The average molecular weight is 549 g/mol. The van der Waals surface area contributed by atoms with E-state index in [1.54, 1.807) is 6.07 Å². The van der Waals surface area contributed by atoms with Crippen LogP contribution >= 0.6 is 0 Å². The van der Waals surface area contributed by atoms with Crippen molar-refractivity contribution in [3.63, 3.8) is 0 Å².